The standard InChI is InChI=1S/C16H25N3O2/c1-10(2)7-14(15(18)20)19-16(21)13(17)9-12-6-4-5-11(3)8-12/h4-6,8,10,13-14H,7,9,17H2,1-3H3,(H2,18,20)(H,19,21)/t13-,14+/m1/s1. The van der Waals surface area contributed by atoms with E-state index in [0.29, 0.717) is 12.8 Å². The van der Waals surface area contributed by atoms with E-state index < -0.39 is 18.0 Å². The first kappa shape index (κ1) is 17.2. The Hall–Kier alpha value is -1.88. The van der Waals surface area contributed by atoms with Gasteiger partial charge >= 0.3 is 0 Å². The molecule has 116 valence electrons. The Kier molecular flexibility index (Phi) is 6.37. The largest absolute Gasteiger partial charge is 0.368 e. The first-order chi connectivity index (χ1) is 9.79. The number of carbonyl (C=O) groups is 2. The highest BCUT2D eigenvalue weighted by atomic mass is 16.2. The van der Waals surface area contributed by atoms with E-state index in [1.165, 1.54) is 0 Å². The number of amides is 2. The van der Waals surface area contributed by atoms with Gasteiger partial charge in [0.2, 0.25) is 11.8 Å². The molecule has 1 rings (SSSR count). The third kappa shape index (κ3) is 5.95. The van der Waals surface area contributed by atoms with Crippen molar-refractivity contribution < 1.29 is 9.59 Å². The molecule has 0 aliphatic carbocycles. The molecule has 0 spiro atoms. The third-order valence-electron chi connectivity index (χ3n) is 3.24. The van der Waals surface area contributed by atoms with E-state index in [9.17, 15) is 9.59 Å². The minimum absolute atomic E-state index is 0.260. The van der Waals surface area contributed by atoms with Crippen LogP contribution in [0.25, 0.3) is 0 Å². The van der Waals surface area contributed by atoms with Crippen molar-refractivity contribution in [2.75, 3.05) is 0 Å². The van der Waals surface area contributed by atoms with Crippen LogP contribution in [-0.2, 0) is 16.0 Å². The Morgan fingerprint density at radius 3 is 2.48 bits per heavy atom. The molecule has 0 bridgehead atoms. The van der Waals surface area contributed by atoms with Crippen LogP contribution in [0.4, 0.5) is 0 Å². The first-order valence-electron chi connectivity index (χ1n) is 7.20. The normalized spacial score (nSPS) is 13.8. The number of hydrogen-bond donors (Lipinski definition) is 3. The van der Waals surface area contributed by atoms with Crippen LogP contribution >= 0.6 is 0 Å². The summed E-state index contributed by atoms with van der Waals surface area (Å²) in [4.78, 5) is 23.4. The Balaban J connectivity index is 2.62. The van der Waals surface area contributed by atoms with E-state index in [0.717, 1.165) is 11.1 Å². The zero-order valence-electron chi connectivity index (χ0n) is 12.9. The average molecular weight is 291 g/mol. The summed E-state index contributed by atoms with van der Waals surface area (Å²) in [5, 5.41) is 2.64. The fraction of sp³-hybridized carbons (Fsp3) is 0.500. The Bertz CT molecular complexity index is 500. The molecule has 0 saturated heterocycles. The maximum atomic E-state index is 12.1. The van der Waals surface area contributed by atoms with Crippen molar-refractivity contribution in [2.24, 2.45) is 17.4 Å². The van der Waals surface area contributed by atoms with E-state index in [1.807, 2.05) is 45.0 Å². The van der Waals surface area contributed by atoms with Gasteiger partial charge in [0, 0.05) is 0 Å². The zero-order chi connectivity index (χ0) is 16.0. The van der Waals surface area contributed by atoms with Crippen LogP contribution < -0.4 is 16.8 Å². The maximum absolute atomic E-state index is 12.1. The topological polar surface area (TPSA) is 98.2 Å². The molecule has 2 amide bonds. The van der Waals surface area contributed by atoms with Crippen LogP contribution in [0, 0.1) is 12.8 Å². The SMILES string of the molecule is Cc1cccc(C[C@@H](N)C(=O)N[C@@H](CC(C)C)C(N)=O)c1. The number of hydrogen-bond acceptors (Lipinski definition) is 3. The number of nitrogens with one attached hydrogen (secondary N) is 1. The molecule has 0 saturated carbocycles. The molecular weight excluding hydrogens is 266 g/mol. The molecule has 0 aliphatic heterocycles. The second-order valence-corrected chi connectivity index (χ2v) is 5.89. The van der Waals surface area contributed by atoms with Crippen LogP contribution in [0.1, 0.15) is 31.4 Å². The second kappa shape index (κ2) is 7.78. The number of nitrogens with two attached hydrogens (primary N) is 2. The highest BCUT2D eigenvalue weighted by Crippen LogP contribution is 2.08. The number of carbonyl (C=O) groups excluding carboxylic acids is 2. The van der Waals surface area contributed by atoms with Crippen molar-refractivity contribution in [2.45, 2.75) is 45.7 Å². The Labute approximate surface area is 126 Å². The number of rotatable bonds is 7. The summed E-state index contributed by atoms with van der Waals surface area (Å²) < 4.78 is 0. The van der Waals surface area contributed by atoms with Gasteiger partial charge in [0.15, 0.2) is 0 Å². The van der Waals surface area contributed by atoms with E-state index in [1.54, 1.807) is 0 Å². The van der Waals surface area contributed by atoms with Gasteiger partial charge in [-0.1, -0.05) is 43.7 Å². The van der Waals surface area contributed by atoms with E-state index in [4.69, 9.17) is 11.5 Å². The van der Waals surface area contributed by atoms with Gasteiger partial charge in [-0.2, -0.15) is 0 Å². The van der Waals surface area contributed by atoms with Crippen molar-refractivity contribution in [3.05, 3.63) is 35.4 Å². The minimum Gasteiger partial charge on any atom is -0.368 e. The quantitative estimate of drug-likeness (QED) is 0.695. The highest BCUT2D eigenvalue weighted by Gasteiger charge is 2.22. The summed E-state index contributed by atoms with van der Waals surface area (Å²) in [6.45, 7) is 5.92. The van der Waals surface area contributed by atoms with Gasteiger partial charge in [-0.05, 0) is 31.2 Å². The molecule has 21 heavy (non-hydrogen) atoms. The molecule has 5 nitrogen and oxygen atoms in total. The summed E-state index contributed by atoms with van der Waals surface area (Å²) in [6.07, 6.45) is 0.943. The van der Waals surface area contributed by atoms with Gasteiger partial charge in [-0.3, -0.25) is 9.59 Å². The first-order valence-corrected chi connectivity index (χ1v) is 7.20. The lowest BCUT2D eigenvalue weighted by Gasteiger charge is -2.20. The number of aryl methyl sites for hydroxylation is 1. The molecule has 0 unspecified atom stereocenters. The van der Waals surface area contributed by atoms with Gasteiger partial charge in [0.1, 0.15) is 6.04 Å². The minimum atomic E-state index is -0.694. The highest BCUT2D eigenvalue weighted by molar-refractivity contribution is 5.89. The van der Waals surface area contributed by atoms with Crippen LogP contribution in [-0.4, -0.2) is 23.9 Å². The van der Waals surface area contributed by atoms with Crippen molar-refractivity contribution in [1.82, 2.24) is 5.32 Å². The second-order valence-electron chi connectivity index (χ2n) is 5.89. The van der Waals surface area contributed by atoms with Crippen LogP contribution in [0.3, 0.4) is 0 Å². The summed E-state index contributed by atoms with van der Waals surface area (Å²) in [5.74, 6) is -0.614. The fourth-order valence-electron chi connectivity index (χ4n) is 2.18. The number of benzene rings is 1. The van der Waals surface area contributed by atoms with E-state index in [2.05, 4.69) is 5.32 Å². The molecule has 1 aromatic carbocycles. The predicted octanol–water partition coefficient (Wildman–Crippen LogP) is 0.881. The van der Waals surface area contributed by atoms with Gasteiger partial charge in [0.25, 0.3) is 0 Å². The average Bonchev–Trinajstić information content (AvgIpc) is 2.37. The summed E-state index contributed by atoms with van der Waals surface area (Å²) in [6, 6.07) is 6.48. The van der Waals surface area contributed by atoms with Crippen molar-refractivity contribution in [3.63, 3.8) is 0 Å². The lowest BCUT2D eigenvalue weighted by atomic mass is 10.0. The molecule has 0 radical (unpaired) electrons. The number of primary amides is 1. The lowest BCUT2D eigenvalue weighted by molar-refractivity contribution is -0.128. The molecule has 1 aromatic rings. The summed E-state index contributed by atoms with van der Waals surface area (Å²) in [7, 11) is 0. The molecule has 0 aliphatic rings. The van der Waals surface area contributed by atoms with E-state index >= 15 is 0 Å². The molecular formula is C16H25N3O2. The van der Waals surface area contributed by atoms with Gasteiger partial charge in [0.05, 0.1) is 6.04 Å². The maximum Gasteiger partial charge on any atom is 0.240 e. The molecule has 2 atom stereocenters. The van der Waals surface area contributed by atoms with Crippen molar-refractivity contribution in [3.8, 4) is 0 Å². The van der Waals surface area contributed by atoms with Gasteiger partial charge < -0.3 is 16.8 Å². The molecule has 0 fully saturated rings. The fourth-order valence-corrected chi connectivity index (χ4v) is 2.18. The summed E-state index contributed by atoms with van der Waals surface area (Å²) >= 11 is 0. The lowest BCUT2D eigenvalue weighted by Crippen LogP contribution is -2.51. The Morgan fingerprint density at radius 2 is 1.95 bits per heavy atom. The predicted molar refractivity (Wildman–Crippen MR) is 83.4 cm³/mol. The smallest absolute Gasteiger partial charge is 0.240 e. The molecule has 0 aromatic heterocycles. The van der Waals surface area contributed by atoms with Crippen molar-refractivity contribution >= 4 is 11.8 Å². The monoisotopic (exact) mass is 291 g/mol. The van der Waals surface area contributed by atoms with Gasteiger partial charge in [-0.25, -0.2) is 0 Å². The van der Waals surface area contributed by atoms with Crippen LogP contribution in [0.15, 0.2) is 24.3 Å². The van der Waals surface area contributed by atoms with Crippen LogP contribution in [0.5, 0.6) is 0 Å². The zero-order valence-corrected chi connectivity index (χ0v) is 12.9. The molecule has 5 heteroatoms. The molecule has 0 heterocycles. The Morgan fingerprint density at radius 1 is 1.29 bits per heavy atom. The van der Waals surface area contributed by atoms with E-state index in [-0.39, 0.29) is 11.8 Å². The van der Waals surface area contributed by atoms with Gasteiger partial charge in [-0.15, -0.1) is 0 Å². The van der Waals surface area contributed by atoms with Crippen LogP contribution in [0.2, 0.25) is 0 Å². The molecule has 5 N–H and O–H groups in total. The summed E-state index contributed by atoms with van der Waals surface area (Å²) in [5.41, 5.74) is 13.3. The van der Waals surface area contributed by atoms with Crippen molar-refractivity contribution in [1.29, 1.82) is 0 Å². The third-order valence-corrected chi connectivity index (χ3v) is 3.24.